The fraction of sp³-hybridized carbons (Fsp3) is 0.579. The zero-order valence-corrected chi connectivity index (χ0v) is 38.1. The molecule has 0 aromatic heterocycles. The van der Waals surface area contributed by atoms with Crippen LogP contribution < -0.4 is 11.5 Å². The topological polar surface area (TPSA) is 52.0 Å². The van der Waals surface area contributed by atoms with Crippen LogP contribution in [0.15, 0.2) is 97.1 Å². The number of rotatable bonds is 34. The first-order valence-corrected chi connectivity index (χ1v) is 25.0. The van der Waals surface area contributed by atoms with Crippen molar-refractivity contribution in [3.8, 4) is 0 Å². The smallest absolute Gasteiger partial charge is 0.0314 e. The second-order valence-electron chi connectivity index (χ2n) is 18.1. The highest BCUT2D eigenvalue weighted by molar-refractivity contribution is 5.44. The molecule has 0 aliphatic heterocycles. The standard InChI is InChI=1S/C57H86N2/c1-3-5-7-9-11-18-22-26-30-56(52-40-44-54(58)45-41-52)50-36-32-48(33-37-50)28-24-20-16-14-13-15-17-21-25-29-49-34-38-51(39-35-49)57(53-42-46-55(59)47-43-53)31-27-23-19-12-10-8-6-4-2/h32-47,56-57H,3-31,58-59H2,1-2H3. The van der Waals surface area contributed by atoms with Gasteiger partial charge in [0.2, 0.25) is 0 Å². The van der Waals surface area contributed by atoms with Crippen LogP contribution in [0.3, 0.4) is 0 Å². The molecule has 4 aromatic carbocycles. The van der Waals surface area contributed by atoms with Gasteiger partial charge in [-0.2, -0.15) is 0 Å². The molecule has 2 unspecified atom stereocenters. The largest absolute Gasteiger partial charge is 0.399 e. The number of aryl methyl sites for hydroxylation is 2. The molecule has 0 aliphatic carbocycles. The predicted octanol–water partition coefficient (Wildman–Crippen LogP) is 17.5. The molecule has 0 spiro atoms. The third-order valence-corrected chi connectivity index (χ3v) is 13.1. The molecular formula is C57H86N2. The lowest BCUT2D eigenvalue weighted by Gasteiger charge is -2.19. The Bertz CT molecular complexity index is 1450. The van der Waals surface area contributed by atoms with Crippen LogP contribution in [0.25, 0.3) is 0 Å². The van der Waals surface area contributed by atoms with Gasteiger partial charge in [0.25, 0.3) is 0 Å². The van der Waals surface area contributed by atoms with Crippen LogP contribution in [-0.4, -0.2) is 0 Å². The van der Waals surface area contributed by atoms with Gasteiger partial charge >= 0.3 is 0 Å². The minimum atomic E-state index is 0.463. The van der Waals surface area contributed by atoms with Gasteiger partial charge in [-0.3, -0.25) is 0 Å². The maximum atomic E-state index is 6.05. The van der Waals surface area contributed by atoms with Gasteiger partial charge in [-0.05, 0) is 96.2 Å². The zero-order valence-electron chi connectivity index (χ0n) is 38.1. The fourth-order valence-corrected chi connectivity index (χ4v) is 9.20. The number of nitrogens with two attached hydrogens (primary N) is 2. The van der Waals surface area contributed by atoms with Crippen molar-refractivity contribution in [2.24, 2.45) is 0 Å². The third kappa shape index (κ3) is 20.1. The predicted molar refractivity (Wildman–Crippen MR) is 262 cm³/mol. The Labute approximate surface area is 363 Å². The maximum Gasteiger partial charge on any atom is 0.0314 e. The summed E-state index contributed by atoms with van der Waals surface area (Å²) >= 11 is 0. The van der Waals surface area contributed by atoms with E-state index in [-0.39, 0.29) is 0 Å². The molecule has 0 aliphatic rings. The number of nitrogen functional groups attached to an aromatic ring is 2. The number of unbranched alkanes of at least 4 members (excludes halogenated alkanes) is 22. The molecule has 0 heterocycles. The monoisotopic (exact) mass is 799 g/mol. The van der Waals surface area contributed by atoms with Gasteiger partial charge in [-0.15, -0.1) is 0 Å². The van der Waals surface area contributed by atoms with Gasteiger partial charge in [0.05, 0.1) is 0 Å². The number of benzene rings is 4. The molecule has 0 fully saturated rings. The first-order valence-electron chi connectivity index (χ1n) is 25.0. The van der Waals surface area contributed by atoms with Crippen molar-refractivity contribution >= 4 is 11.4 Å². The Kier molecular flexibility index (Phi) is 24.9. The van der Waals surface area contributed by atoms with E-state index in [9.17, 15) is 0 Å². The normalized spacial score (nSPS) is 12.5. The lowest BCUT2D eigenvalue weighted by Crippen LogP contribution is -2.02. The molecule has 59 heavy (non-hydrogen) atoms. The van der Waals surface area contributed by atoms with Crippen LogP contribution in [0, 0.1) is 0 Å². The molecule has 4 aromatic rings. The summed E-state index contributed by atoms with van der Waals surface area (Å²) in [6.07, 6.45) is 38.9. The first kappa shape index (κ1) is 48.1. The van der Waals surface area contributed by atoms with Gasteiger partial charge in [0, 0.05) is 23.2 Å². The summed E-state index contributed by atoms with van der Waals surface area (Å²) in [5, 5.41) is 0. The molecular weight excluding hydrogens is 713 g/mol. The summed E-state index contributed by atoms with van der Waals surface area (Å²) < 4.78 is 0. The van der Waals surface area contributed by atoms with E-state index in [1.54, 1.807) is 0 Å². The Morgan fingerprint density at radius 3 is 0.814 bits per heavy atom. The molecule has 0 bridgehead atoms. The van der Waals surface area contributed by atoms with Crippen molar-refractivity contribution in [2.75, 3.05) is 11.5 Å². The van der Waals surface area contributed by atoms with Crippen molar-refractivity contribution in [3.63, 3.8) is 0 Å². The summed E-state index contributed by atoms with van der Waals surface area (Å²) in [6.45, 7) is 4.60. The Balaban J connectivity index is 1.07. The second-order valence-corrected chi connectivity index (χ2v) is 18.1. The highest BCUT2D eigenvalue weighted by Gasteiger charge is 2.16. The minimum Gasteiger partial charge on any atom is -0.399 e. The molecule has 4 rings (SSSR count). The van der Waals surface area contributed by atoms with E-state index >= 15 is 0 Å². The molecule has 324 valence electrons. The molecule has 2 atom stereocenters. The van der Waals surface area contributed by atoms with Crippen molar-refractivity contribution in [1.29, 1.82) is 0 Å². The van der Waals surface area contributed by atoms with E-state index < -0.39 is 0 Å². The van der Waals surface area contributed by atoms with Crippen LogP contribution in [0.5, 0.6) is 0 Å². The lowest BCUT2D eigenvalue weighted by molar-refractivity contribution is 0.551. The summed E-state index contributed by atoms with van der Waals surface area (Å²) in [6, 6.07) is 36.5. The molecule has 4 N–H and O–H groups in total. The van der Waals surface area contributed by atoms with E-state index in [1.807, 2.05) is 0 Å². The van der Waals surface area contributed by atoms with Crippen molar-refractivity contribution in [2.45, 2.75) is 212 Å². The van der Waals surface area contributed by atoms with Crippen LogP contribution in [-0.2, 0) is 12.8 Å². The minimum absolute atomic E-state index is 0.463. The van der Waals surface area contributed by atoms with E-state index in [1.165, 1.54) is 220 Å². The zero-order chi connectivity index (χ0) is 41.6. The van der Waals surface area contributed by atoms with E-state index in [0.29, 0.717) is 11.8 Å². The quantitative estimate of drug-likeness (QED) is 0.0365. The maximum absolute atomic E-state index is 6.05. The van der Waals surface area contributed by atoms with Crippen LogP contribution >= 0.6 is 0 Å². The molecule has 0 amide bonds. The van der Waals surface area contributed by atoms with Crippen LogP contribution in [0.1, 0.15) is 232 Å². The van der Waals surface area contributed by atoms with Crippen molar-refractivity contribution in [3.05, 3.63) is 130 Å². The summed E-state index contributed by atoms with van der Waals surface area (Å²) in [5.74, 6) is 0.926. The highest BCUT2D eigenvalue weighted by atomic mass is 14.5. The van der Waals surface area contributed by atoms with Gasteiger partial charge in [0.15, 0.2) is 0 Å². The van der Waals surface area contributed by atoms with Gasteiger partial charge in [-0.25, -0.2) is 0 Å². The SMILES string of the molecule is CCCCCCCCCCC(c1ccc(N)cc1)c1ccc(CCCCCCCCCCCc2ccc(C(CCCCCCCCCC)c3ccc(N)cc3)cc2)cc1. The highest BCUT2D eigenvalue weighted by Crippen LogP contribution is 2.33. The molecule has 0 saturated carbocycles. The Morgan fingerprint density at radius 1 is 0.288 bits per heavy atom. The molecule has 0 saturated heterocycles. The summed E-state index contributed by atoms with van der Waals surface area (Å²) in [5.41, 5.74) is 22.5. The fourth-order valence-electron chi connectivity index (χ4n) is 9.20. The van der Waals surface area contributed by atoms with Gasteiger partial charge in [0.1, 0.15) is 0 Å². The molecule has 2 nitrogen and oxygen atoms in total. The van der Waals surface area contributed by atoms with E-state index in [4.69, 9.17) is 11.5 Å². The van der Waals surface area contributed by atoms with Gasteiger partial charge in [-0.1, -0.05) is 234 Å². The van der Waals surface area contributed by atoms with Gasteiger partial charge < -0.3 is 11.5 Å². The van der Waals surface area contributed by atoms with Crippen LogP contribution in [0.2, 0.25) is 0 Å². The second kappa shape index (κ2) is 30.5. The van der Waals surface area contributed by atoms with Crippen molar-refractivity contribution in [1.82, 2.24) is 0 Å². The number of hydrogen-bond acceptors (Lipinski definition) is 2. The molecule has 2 heteroatoms. The molecule has 0 radical (unpaired) electrons. The Morgan fingerprint density at radius 2 is 0.525 bits per heavy atom. The average molecular weight is 799 g/mol. The average Bonchev–Trinajstić information content (AvgIpc) is 3.26. The Hall–Kier alpha value is -3.52. The van der Waals surface area contributed by atoms with Crippen LogP contribution in [0.4, 0.5) is 11.4 Å². The first-order chi connectivity index (χ1) is 29.1. The summed E-state index contributed by atoms with van der Waals surface area (Å²) in [7, 11) is 0. The summed E-state index contributed by atoms with van der Waals surface area (Å²) in [4.78, 5) is 0. The third-order valence-electron chi connectivity index (χ3n) is 13.1. The van der Waals surface area contributed by atoms with Crippen molar-refractivity contribution < 1.29 is 0 Å². The van der Waals surface area contributed by atoms with E-state index in [0.717, 1.165) is 11.4 Å². The lowest BCUT2D eigenvalue weighted by atomic mass is 9.86. The number of anilines is 2. The van der Waals surface area contributed by atoms with E-state index in [2.05, 4.69) is 111 Å². The number of hydrogen-bond donors (Lipinski definition) is 2.